The summed E-state index contributed by atoms with van der Waals surface area (Å²) < 4.78 is 23.0. The van der Waals surface area contributed by atoms with Gasteiger partial charge in [-0.2, -0.15) is 5.10 Å². The summed E-state index contributed by atoms with van der Waals surface area (Å²) in [5.74, 6) is 1.74. The lowest BCUT2D eigenvalue weighted by atomic mass is 10.2. The fourth-order valence-electron chi connectivity index (χ4n) is 3.02. The van der Waals surface area contributed by atoms with Gasteiger partial charge < -0.3 is 18.9 Å². The van der Waals surface area contributed by atoms with Crippen molar-refractivity contribution in [3.8, 4) is 23.0 Å². The van der Waals surface area contributed by atoms with E-state index in [1.54, 1.807) is 36.4 Å². The van der Waals surface area contributed by atoms with Gasteiger partial charge in [0.1, 0.15) is 18.1 Å². The fraction of sp³-hybridized carbons (Fsp3) is 0.200. The maximum atomic E-state index is 12.5. The first-order valence-corrected chi connectivity index (χ1v) is 12.3. The third kappa shape index (κ3) is 7.39. The van der Waals surface area contributed by atoms with E-state index in [2.05, 4.69) is 33.1 Å². The first-order chi connectivity index (χ1) is 16.8. The molecule has 1 amide bonds. The number of halogens is 3. The molecule has 7 nitrogen and oxygen atoms in total. The number of methoxy groups -OCH3 is 2. The predicted molar refractivity (Wildman–Crippen MR) is 146 cm³/mol. The van der Waals surface area contributed by atoms with E-state index in [0.717, 1.165) is 14.7 Å². The fourth-order valence-corrected chi connectivity index (χ4v) is 4.27. The van der Waals surface area contributed by atoms with E-state index in [1.807, 2.05) is 19.1 Å². The van der Waals surface area contributed by atoms with Crippen LogP contribution in [-0.4, -0.2) is 32.9 Å². The number of rotatable bonds is 10. The first kappa shape index (κ1) is 26.9. The van der Waals surface area contributed by atoms with Crippen molar-refractivity contribution in [2.75, 3.05) is 20.8 Å². The summed E-state index contributed by atoms with van der Waals surface area (Å²) in [5.41, 5.74) is 4.39. The Hall–Kier alpha value is -2.69. The number of ether oxygens (including phenoxy) is 4. The zero-order valence-electron chi connectivity index (χ0n) is 19.2. The van der Waals surface area contributed by atoms with Gasteiger partial charge in [-0.25, -0.2) is 5.43 Å². The molecule has 184 valence electrons. The number of amides is 1. The number of hydrogen-bond donors (Lipinski definition) is 1. The second kappa shape index (κ2) is 12.9. The molecule has 3 aromatic rings. The zero-order chi connectivity index (χ0) is 25.4. The van der Waals surface area contributed by atoms with Gasteiger partial charge in [0.05, 0.1) is 30.6 Å². The van der Waals surface area contributed by atoms with Gasteiger partial charge in [0.2, 0.25) is 0 Å². The monoisotopic (exact) mass is 628 g/mol. The molecule has 0 aliphatic heterocycles. The van der Waals surface area contributed by atoms with Crippen molar-refractivity contribution in [3.05, 3.63) is 78.8 Å². The molecule has 0 aliphatic rings. The molecule has 0 heterocycles. The standard InChI is InChI=1S/C25H23Cl2IN2O5/c1-4-34-23-8-15(7-22(28)24(23)35-14-16-5-6-18(26)11-21(16)27)13-29-30-25(31)17-9-19(32-2)12-20(10-17)33-3/h5-13H,4,14H2,1-3H3,(H,30,31)/b29-13-. The average Bonchev–Trinajstić information content (AvgIpc) is 2.84. The minimum Gasteiger partial charge on any atom is -0.497 e. The lowest BCUT2D eigenvalue weighted by Gasteiger charge is -2.15. The quantitative estimate of drug-likeness (QED) is 0.161. The van der Waals surface area contributed by atoms with Gasteiger partial charge in [-0.1, -0.05) is 29.3 Å². The molecule has 0 saturated heterocycles. The van der Waals surface area contributed by atoms with E-state index in [9.17, 15) is 4.79 Å². The highest BCUT2D eigenvalue weighted by Crippen LogP contribution is 2.35. The molecule has 35 heavy (non-hydrogen) atoms. The van der Waals surface area contributed by atoms with Crippen molar-refractivity contribution >= 4 is 57.9 Å². The molecular weight excluding hydrogens is 606 g/mol. The molecule has 0 radical (unpaired) electrons. The van der Waals surface area contributed by atoms with Gasteiger partial charge in [0, 0.05) is 27.2 Å². The third-order valence-corrected chi connectivity index (χ3v) is 6.10. The maximum absolute atomic E-state index is 12.5. The average molecular weight is 629 g/mol. The van der Waals surface area contributed by atoms with Crippen LogP contribution >= 0.6 is 45.8 Å². The Bertz CT molecular complexity index is 1210. The molecule has 0 spiro atoms. The summed E-state index contributed by atoms with van der Waals surface area (Å²) in [4.78, 5) is 12.5. The van der Waals surface area contributed by atoms with Crippen LogP contribution in [0.4, 0.5) is 0 Å². The minimum absolute atomic E-state index is 0.250. The normalized spacial score (nSPS) is 10.8. The van der Waals surface area contributed by atoms with Crippen LogP contribution < -0.4 is 24.4 Å². The first-order valence-electron chi connectivity index (χ1n) is 10.4. The van der Waals surface area contributed by atoms with E-state index in [0.29, 0.717) is 45.2 Å². The number of carbonyl (C=O) groups excluding carboxylic acids is 1. The van der Waals surface area contributed by atoms with E-state index in [1.165, 1.54) is 20.4 Å². The van der Waals surface area contributed by atoms with Crippen LogP contribution in [0.25, 0.3) is 0 Å². The highest BCUT2D eigenvalue weighted by molar-refractivity contribution is 14.1. The van der Waals surface area contributed by atoms with E-state index < -0.39 is 5.91 Å². The summed E-state index contributed by atoms with van der Waals surface area (Å²) in [6.45, 7) is 2.58. The number of carbonyl (C=O) groups is 1. The topological polar surface area (TPSA) is 78.4 Å². The minimum atomic E-state index is -0.405. The van der Waals surface area contributed by atoms with Crippen molar-refractivity contribution in [2.45, 2.75) is 13.5 Å². The molecule has 10 heteroatoms. The van der Waals surface area contributed by atoms with Gasteiger partial charge in [-0.15, -0.1) is 0 Å². The van der Waals surface area contributed by atoms with Gasteiger partial charge in [-0.3, -0.25) is 4.79 Å². The second-order valence-electron chi connectivity index (χ2n) is 7.09. The highest BCUT2D eigenvalue weighted by Gasteiger charge is 2.14. The van der Waals surface area contributed by atoms with Crippen molar-refractivity contribution in [1.29, 1.82) is 0 Å². The third-order valence-electron chi connectivity index (χ3n) is 4.71. The van der Waals surface area contributed by atoms with E-state index in [4.69, 9.17) is 42.1 Å². The molecule has 0 bridgehead atoms. The van der Waals surface area contributed by atoms with Crippen LogP contribution in [0.2, 0.25) is 10.0 Å². The summed E-state index contributed by atoms with van der Waals surface area (Å²) in [7, 11) is 3.03. The van der Waals surface area contributed by atoms with Crippen molar-refractivity contribution in [2.24, 2.45) is 5.10 Å². The van der Waals surface area contributed by atoms with E-state index >= 15 is 0 Å². The molecule has 0 saturated carbocycles. The van der Waals surface area contributed by atoms with Crippen LogP contribution in [0.15, 0.2) is 53.6 Å². The van der Waals surface area contributed by atoms with Gasteiger partial charge >= 0.3 is 0 Å². The Balaban J connectivity index is 1.75. The molecule has 3 aromatic carbocycles. The summed E-state index contributed by atoms with van der Waals surface area (Å²) in [6.07, 6.45) is 1.53. The molecule has 0 fully saturated rings. The number of benzene rings is 3. The van der Waals surface area contributed by atoms with Gasteiger partial charge in [0.15, 0.2) is 11.5 Å². The smallest absolute Gasteiger partial charge is 0.271 e. The Morgan fingerprint density at radius 1 is 1.03 bits per heavy atom. The second-order valence-corrected chi connectivity index (χ2v) is 9.09. The molecule has 0 aromatic heterocycles. The SMILES string of the molecule is CCOc1cc(/C=N\NC(=O)c2cc(OC)cc(OC)c2)cc(I)c1OCc1ccc(Cl)cc1Cl. The molecular formula is C25H23Cl2IN2O5. The Kier molecular flexibility index (Phi) is 9.88. The number of hydrazone groups is 1. The van der Waals surface area contributed by atoms with Gasteiger partial charge in [0.25, 0.3) is 5.91 Å². The van der Waals surface area contributed by atoms with Crippen molar-refractivity contribution in [1.82, 2.24) is 5.43 Å². The Labute approximate surface area is 227 Å². The Morgan fingerprint density at radius 2 is 1.74 bits per heavy atom. The Morgan fingerprint density at radius 3 is 2.37 bits per heavy atom. The van der Waals surface area contributed by atoms with Crippen LogP contribution in [0, 0.1) is 3.57 Å². The maximum Gasteiger partial charge on any atom is 0.271 e. The predicted octanol–water partition coefficient (Wildman–Crippen LogP) is 6.36. The van der Waals surface area contributed by atoms with Gasteiger partial charge in [-0.05, 0) is 71.5 Å². The van der Waals surface area contributed by atoms with Crippen LogP contribution in [-0.2, 0) is 6.61 Å². The van der Waals surface area contributed by atoms with Crippen LogP contribution in [0.1, 0.15) is 28.4 Å². The zero-order valence-corrected chi connectivity index (χ0v) is 22.9. The summed E-state index contributed by atoms with van der Waals surface area (Å²) >= 11 is 14.4. The highest BCUT2D eigenvalue weighted by atomic mass is 127. The van der Waals surface area contributed by atoms with Crippen molar-refractivity contribution < 1.29 is 23.7 Å². The molecule has 1 N–H and O–H groups in total. The molecule has 0 atom stereocenters. The molecule has 0 unspecified atom stereocenters. The number of nitrogens with zero attached hydrogens (tertiary/aromatic N) is 1. The molecule has 3 rings (SSSR count). The van der Waals surface area contributed by atoms with E-state index in [-0.39, 0.29) is 6.61 Å². The lowest BCUT2D eigenvalue weighted by Crippen LogP contribution is -2.17. The largest absolute Gasteiger partial charge is 0.497 e. The van der Waals surface area contributed by atoms with Crippen molar-refractivity contribution in [3.63, 3.8) is 0 Å². The molecule has 0 aliphatic carbocycles. The van der Waals surface area contributed by atoms with Crippen LogP contribution in [0.5, 0.6) is 23.0 Å². The lowest BCUT2D eigenvalue weighted by molar-refractivity contribution is 0.0954. The summed E-state index contributed by atoms with van der Waals surface area (Å²) in [6, 6.07) is 13.8. The summed E-state index contributed by atoms with van der Waals surface area (Å²) in [5, 5.41) is 5.16. The van der Waals surface area contributed by atoms with Crippen LogP contribution in [0.3, 0.4) is 0 Å². The number of hydrogen-bond acceptors (Lipinski definition) is 6. The number of nitrogens with one attached hydrogen (secondary N) is 1.